The summed E-state index contributed by atoms with van der Waals surface area (Å²) >= 11 is 0. The molecule has 0 bridgehead atoms. The second-order valence-corrected chi connectivity index (χ2v) is 3.75. The van der Waals surface area contributed by atoms with Crippen LogP contribution in [0.5, 0.6) is 0 Å². The van der Waals surface area contributed by atoms with Crippen molar-refractivity contribution in [2.24, 2.45) is 0 Å². The van der Waals surface area contributed by atoms with Crippen LogP contribution >= 0.6 is 0 Å². The zero-order valence-corrected chi connectivity index (χ0v) is 9.73. The number of rotatable bonds is 3. The molecule has 4 N–H and O–H groups in total. The van der Waals surface area contributed by atoms with Gasteiger partial charge in [0.2, 0.25) is 0 Å². The van der Waals surface area contributed by atoms with E-state index >= 15 is 0 Å². The zero-order chi connectivity index (χ0) is 13.1. The Bertz CT molecular complexity index is 631. The van der Waals surface area contributed by atoms with Crippen molar-refractivity contribution >= 4 is 23.0 Å². The molecule has 0 aliphatic rings. The predicted molar refractivity (Wildman–Crippen MR) is 69.0 cm³/mol. The average Bonchev–Trinajstić information content (AvgIpc) is 2.36. The molecule has 0 saturated carbocycles. The number of H-pyrrole nitrogens is 1. The Morgan fingerprint density at radius 1 is 1.33 bits per heavy atom. The van der Waals surface area contributed by atoms with Crippen LogP contribution in [-0.2, 0) is 0 Å². The molecule has 1 heterocycles. The third-order valence-electron chi connectivity index (χ3n) is 2.44. The number of nitrogens with two attached hydrogens (primary N) is 1. The van der Waals surface area contributed by atoms with Crippen molar-refractivity contribution in [1.82, 2.24) is 9.97 Å². The van der Waals surface area contributed by atoms with Crippen LogP contribution in [-0.4, -0.2) is 15.8 Å². The number of nitrogens with zero attached hydrogens (tertiary/aromatic N) is 1. The summed E-state index contributed by atoms with van der Waals surface area (Å²) in [6.45, 7) is 1.50. The van der Waals surface area contributed by atoms with Crippen molar-refractivity contribution in [3.63, 3.8) is 0 Å². The van der Waals surface area contributed by atoms with Crippen LogP contribution in [0.4, 0.5) is 17.2 Å². The summed E-state index contributed by atoms with van der Waals surface area (Å²) in [7, 11) is 0. The highest BCUT2D eigenvalue weighted by molar-refractivity contribution is 5.94. The van der Waals surface area contributed by atoms with Gasteiger partial charge in [0.15, 0.2) is 11.6 Å². The summed E-state index contributed by atoms with van der Waals surface area (Å²) in [5.74, 6) is 0.282. The lowest BCUT2D eigenvalue weighted by atomic mass is 10.1. The summed E-state index contributed by atoms with van der Waals surface area (Å²) in [6, 6.07) is 6.82. The number of nitrogen functional groups attached to an aromatic ring is 1. The molecule has 2 aromatic rings. The van der Waals surface area contributed by atoms with Gasteiger partial charge in [-0.25, -0.2) is 4.98 Å². The molecule has 0 atom stereocenters. The number of carbonyl (C=O) groups excluding carboxylic acids is 1. The van der Waals surface area contributed by atoms with Gasteiger partial charge in [0.25, 0.3) is 5.56 Å². The molecule has 0 fully saturated rings. The minimum atomic E-state index is -0.396. The largest absolute Gasteiger partial charge is 0.391 e. The van der Waals surface area contributed by atoms with Crippen LogP contribution in [0.1, 0.15) is 17.3 Å². The first-order valence-corrected chi connectivity index (χ1v) is 5.29. The van der Waals surface area contributed by atoms with Gasteiger partial charge in [0, 0.05) is 11.3 Å². The molecule has 2 rings (SSSR count). The van der Waals surface area contributed by atoms with E-state index in [1.165, 1.54) is 13.3 Å². The molecule has 0 amide bonds. The fourth-order valence-electron chi connectivity index (χ4n) is 1.43. The van der Waals surface area contributed by atoms with Gasteiger partial charge in [0.05, 0.1) is 6.33 Å². The lowest BCUT2D eigenvalue weighted by Gasteiger charge is -2.07. The third-order valence-corrected chi connectivity index (χ3v) is 2.44. The predicted octanol–water partition coefficient (Wildman–Crippen LogP) is 1.30. The molecule has 1 aromatic heterocycles. The molecular weight excluding hydrogens is 232 g/mol. The molecular formula is C12H12N4O2. The van der Waals surface area contributed by atoms with Crippen LogP contribution in [0, 0.1) is 0 Å². The normalized spacial score (nSPS) is 10.1. The van der Waals surface area contributed by atoms with E-state index < -0.39 is 5.56 Å². The highest BCUT2D eigenvalue weighted by Crippen LogP contribution is 2.17. The first kappa shape index (κ1) is 11.8. The topological polar surface area (TPSA) is 101 Å². The number of ketones is 1. The van der Waals surface area contributed by atoms with Gasteiger partial charge >= 0.3 is 0 Å². The van der Waals surface area contributed by atoms with E-state index in [1.54, 1.807) is 24.3 Å². The van der Waals surface area contributed by atoms with Gasteiger partial charge in [-0.3, -0.25) is 9.59 Å². The van der Waals surface area contributed by atoms with E-state index in [0.717, 1.165) is 0 Å². The number of hydrogen-bond acceptors (Lipinski definition) is 5. The maximum absolute atomic E-state index is 11.3. The van der Waals surface area contributed by atoms with E-state index in [9.17, 15) is 9.59 Å². The molecule has 0 radical (unpaired) electrons. The number of carbonyl (C=O) groups is 1. The molecule has 0 aliphatic heterocycles. The van der Waals surface area contributed by atoms with Crippen LogP contribution < -0.4 is 16.6 Å². The molecule has 6 nitrogen and oxygen atoms in total. The molecule has 92 valence electrons. The van der Waals surface area contributed by atoms with E-state index in [2.05, 4.69) is 15.3 Å². The van der Waals surface area contributed by atoms with Crippen molar-refractivity contribution in [1.29, 1.82) is 0 Å². The summed E-state index contributed by atoms with van der Waals surface area (Å²) in [4.78, 5) is 28.7. The van der Waals surface area contributed by atoms with Gasteiger partial charge in [0.1, 0.15) is 5.69 Å². The minimum absolute atomic E-state index is 0.00431. The Balaban J connectivity index is 2.26. The zero-order valence-electron chi connectivity index (χ0n) is 9.73. The highest BCUT2D eigenvalue weighted by Gasteiger charge is 2.05. The van der Waals surface area contributed by atoms with Gasteiger partial charge in [-0.05, 0) is 31.2 Å². The van der Waals surface area contributed by atoms with E-state index in [4.69, 9.17) is 5.73 Å². The van der Waals surface area contributed by atoms with Gasteiger partial charge in [-0.1, -0.05) is 0 Å². The number of nitrogens with one attached hydrogen (secondary N) is 2. The second-order valence-electron chi connectivity index (χ2n) is 3.75. The summed E-state index contributed by atoms with van der Waals surface area (Å²) in [6.07, 6.45) is 1.27. The fourth-order valence-corrected chi connectivity index (χ4v) is 1.43. The molecule has 0 spiro atoms. The Labute approximate surface area is 103 Å². The number of benzene rings is 1. The third kappa shape index (κ3) is 2.37. The molecule has 0 aliphatic carbocycles. The van der Waals surface area contributed by atoms with Crippen LogP contribution in [0.2, 0.25) is 0 Å². The number of aromatic amines is 1. The smallest absolute Gasteiger partial charge is 0.276 e. The Hall–Kier alpha value is -2.63. The number of aromatic nitrogens is 2. The molecule has 18 heavy (non-hydrogen) atoms. The second kappa shape index (κ2) is 4.70. The Morgan fingerprint density at radius 2 is 2.00 bits per heavy atom. The van der Waals surface area contributed by atoms with Crippen molar-refractivity contribution in [2.75, 3.05) is 11.1 Å². The summed E-state index contributed by atoms with van der Waals surface area (Å²) in [5, 5.41) is 2.91. The monoisotopic (exact) mass is 244 g/mol. The fraction of sp³-hybridized carbons (Fsp3) is 0.0833. The number of anilines is 3. The van der Waals surface area contributed by atoms with Gasteiger partial charge < -0.3 is 16.0 Å². The Morgan fingerprint density at radius 3 is 2.61 bits per heavy atom. The minimum Gasteiger partial charge on any atom is -0.391 e. The lowest BCUT2D eigenvalue weighted by Crippen LogP contribution is -2.14. The van der Waals surface area contributed by atoms with Crippen LogP contribution in [0.3, 0.4) is 0 Å². The average molecular weight is 244 g/mol. The molecule has 6 heteroatoms. The summed E-state index contributed by atoms with van der Waals surface area (Å²) in [5.41, 5.74) is 6.53. The SMILES string of the molecule is CC(=O)c1ccc(Nc2nc[nH]c(=O)c2N)cc1. The quantitative estimate of drug-likeness (QED) is 0.706. The van der Waals surface area contributed by atoms with Gasteiger partial charge in [-0.2, -0.15) is 0 Å². The van der Waals surface area contributed by atoms with E-state index in [1.807, 2.05) is 0 Å². The van der Waals surface area contributed by atoms with E-state index in [0.29, 0.717) is 11.3 Å². The standard InChI is InChI=1S/C12H12N4O2/c1-7(17)8-2-4-9(5-3-8)16-11-10(13)12(18)15-6-14-11/h2-6H,13H2,1H3,(H2,14,15,16,18). The lowest BCUT2D eigenvalue weighted by molar-refractivity contribution is 0.101. The number of hydrogen-bond donors (Lipinski definition) is 3. The highest BCUT2D eigenvalue weighted by atomic mass is 16.1. The van der Waals surface area contributed by atoms with Crippen molar-refractivity contribution in [3.8, 4) is 0 Å². The van der Waals surface area contributed by atoms with Crippen LogP contribution in [0.15, 0.2) is 35.4 Å². The van der Waals surface area contributed by atoms with Gasteiger partial charge in [-0.15, -0.1) is 0 Å². The summed E-state index contributed by atoms with van der Waals surface area (Å²) < 4.78 is 0. The molecule has 0 unspecified atom stereocenters. The number of Topliss-reactive ketones (excluding diaryl/α,β-unsaturated/α-hetero) is 1. The van der Waals surface area contributed by atoms with E-state index in [-0.39, 0.29) is 17.3 Å². The molecule has 0 saturated heterocycles. The van der Waals surface area contributed by atoms with Crippen molar-refractivity contribution in [3.05, 3.63) is 46.5 Å². The van der Waals surface area contributed by atoms with Crippen molar-refractivity contribution < 1.29 is 4.79 Å². The van der Waals surface area contributed by atoms with Crippen molar-refractivity contribution in [2.45, 2.75) is 6.92 Å². The first-order chi connectivity index (χ1) is 8.58. The molecule has 1 aromatic carbocycles. The Kier molecular flexibility index (Phi) is 3.09. The maximum Gasteiger partial charge on any atom is 0.276 e. The van der Waals surface area contributed by atoms with Crippen LogP contribution in [0.25, 0.3) is 0 Å². The first-order valence-electron chi connectivity index (χ1n) is 5.29. The maximum atomic E-state index is 11.3.